The SMILES string of the molecule is CC1(C)COCCN1C(=O)C(C)(C)C(C)(C)N. The number of nitrogens with two attached hydrogens (primary N) is 1. The normalized spacial score (nSPS) is 21.5. The van der Waals surface area contributed by atoms with Gasteiger partial charge in [0.2, 0.25) is 5.91 Å². The van der Waals surface area contributed by atoms with Crippen LogP contribution in [0.1, 0.15) is 41.5 Å². The molecule has 0 aliphatic carbocycles. The molecule has 0 spiro atoms. The van der Waals surface area contributed by atoms with Crippen LogP contribution in [0.25, 0.3) is 0 Å². The third kappa shape index (κ3) is 2.63. The van der Waals surface area contributed by atoms with Crippen molar-refractivity contribution in [1.29, 1.82) is 0 Å². The van der Waals surface area contributed by atoms with Gasteiger partial charge in [-0.15, -0.1) is 0 Å². The molecule has 1 aliphatic rings. The monoisotopic (exact) mass is 242 g/mol. The van der Waals surface area contributed by atoms with Crippen molar-refractivity contribution in [3.63, 3.8) is 0 Å². The van der Waals surface area contributed by atoms with Crippen LogP contribution in [0.5, 0.6) is 0 Å². The number of carbonyl (C=O) groups excluding carboxylic acids is 1. The van der Waals surface area contributed by atoms with Gasteiger partial charge in [-0.2, -0.15) is 0 Å². The minimum atomic E-state index is -0.582. The fraction of sp³-hybridized carbons (Fsp3) is 0.923. The Kier molecular flexibility index (Phi) is 3.61. The van der Waals surface area contributed by atoms with Gasteiger partial charge in [-0.25, -0.2) is 0 Å². The summed E-state index contributed by atoms with van der Waals surface area (Å²) in [6, 6.07) is 0. The highest BCUT2D eigenvalue weighted by molar-refractivity contribution is 5.84. The average Bonchev–Trinajstić information content (AvgIpc) is 2.14. The zero-order valence-corrected chi connectivity index (χ0v) is 12.0. The maximum absolute atomic E-state index is 12.7. The number of hydrogen-bond acceptors (Lipinski definition) is 3. The molecular formula is C13H26N2O2. The molecule has 0 aromatic carbocycles. The zero-order valence-electron chi connectivity index (χ0n) is 12.0. The van der Waals surface area contributed by atoms with Crippen molar-refractivity contribution >= 4 is 5.91 Å². The summed E-state index contributed by atoms with van der Waals surface area (Å²) in [4.78, 5) is 14.6. The molecule has 4 nitrogen and oxygen atoms in total. The van der Waals surface area contributed by atoms with E-state index >= 15 is 0 Å². The number of amides is 1. The first-order valence-electron chi connectivity index (χ1n) is 6.19. The minimum absolute atomic E-state index is 0.110. The van der Waals surface area contributed by atoms with Crippen molar-refractivity contribution in [2.75, 3.05) is 19.8 Å². The molecule has 1 rings (SSSR count). The molecule has 1 aliphatic heterocycles. The van der Waals surface area contributed by atoms with Crippen LogP contribution in [0.15, 0.2) is 0 Å². The van der Waals surface area contributed by atoms with Crippen molar-refractivity contribution in [3.8, 4) is 0 Å². The van der Waals surface area contributed by atoms with Crippen LogP contribution < -0.4 is 5.73 Å². The van der Waals surface area contributed by atoms with E-state index < -0.39 is 11.0 Å². The molecular weight excluding hydrogens is 216 g/mol. The molecule has 0 atom stereocenters. The summed E-state index contributed by atoms with van der Waals surface area (Å²) >= 11 is 0. The van der Waals surface area contributed by atoms with E-state index in [1.165, 1.54) is 0 Å². The van der Waals surface area contributed by atoms with Crippen molar-refractivity contribution in [1.82, 2.24) is 4.90 Å². The molecule has 1 saturated heterocycles. The summed E-state index contributed by atoms with van der Waals surface area (Å²) in [5, 5.41) is 0. The second-order valence-electron chi connectivity index (χ2n) is 6.67. The van der Waals surface area contributed by atoms with Gasteiger partial charge < -0.3 is 15.4 Å². The standard InChI is InChI=1S/C13H26N2O2/c1-11(2)9-17-8-7-15(11)10(16)12(3,4)13(5,6)14/h7-9,14H2,1-6H3. The fourth-order valence-corrected chi connectivity index (χ4v) is 1.85. The summed E-state index contributed by atoms with van der Waals surface area (Å²) in [5.74, 6) is 0.110. The van der Waals surface area contributed by atoms with Crippen molar-refractivity contribution in [2.45, 2.75) is 52.6 Å². The lowest BCUT2D eigenvalue weighted by atomic mass is 9.73. The van der Waals surface area contributed by atoms with Gasteiger partial charge in [-0.1, -0.05) is 0 Å². The highest BCUT2D eigenvalue weighted by Crippen LogP contribution is 2.33. The van der Waals surface area contributed by atoms with Crippen LogP contribution in [0.4, 0.5) is 0 Å². The molecule has 17 heavy (non-hydrogen) atoms. The van der Waals surface area contributed by atoms with Crippen LogP contribution in [0.2, 0.25) is 0 Å². The number of morpholine rings is 1. The minimum Gasteiger partial charge on any atom is -0.377 e. The van der Waals surface area contributed by atoms with E-state index in [4.69, 9.17) is 10.5 Å². The summed E-state index contributed by atoms with van der Waals surface area (Å²) in [7, 11) is 0. The van der Waals surface area contributed by atoms with Gasteiger partial charge in [0.15, 0.2) is 0 Å². The Hall–Kier alpha value is -0.610. The lowest BCUT2D eigenvalue weighted by molar-refractivity contribution is -0.158. The average molecular weight is 242 g/mol. The Balaban J connectivity index is 2.96. The summed E-state index contributed by atoms with van der Waals surface area (Å²) in [5.41, 5.74) is 4.75. The van der Waals surface area contributed by atoms with E-state index in [1.54, 1.807) is 0 Å². The summed E-state index contributed by atoms with van der Waals surface area (Å²) in [6.45, 7) is 13.5. The van der Waals surface area contributed by atoms with Crippen LogP contribution in [-0.2, 0) is 9.53 Å². The van der Waals surface area contributed by atoms with Crippen LogP contribution >= 0.6 is 0 Å². The molecule has 0 aromatic rings. The van der Waals surface area contributed by atoms with Crippen molar-refractivity contribution in [3.05, 3.63) is 0 Å². The first kappa shape index (κ1) is 14.5. The predicted octanol–water partition coefficient (Wildman–Crippen LogP) is 1.39. The van der Waals surface area contributed by atoms with Crippen LogP contribution in [0, 0.1) is 5.41 Å². The van der Waals surface area contributed by atoms with Crippen LogP contribution in [0.3, 0.4) is 0 Å². The van der Waals surface area contributed by atoms with Crippen LogP contribution in [-0.4, -0.2) is 41.6 Å². The maximum Gasteiger partial charge on any atom is 0.230 e. The molecule has 0 bridgehead atoms. The largest absolute Gasteiger partial charge is 0.377 e. The Morgan fingerprint density at radius 3 is 2.24 bits per heavy atom. The van der Waals surface area contributed by atoms with E-state index in [0.717, 1.165) is 0 Å². The van der Waals surface area contributed by atoms with Crippen molar-refractivity contribution < 1.29 is 9.53 Å². The number of carbonyl (C=O) groups is 1. The number of hydrogen-bond donors (Lipinski definition) is 1. The lowest BCUT2D eigenvalue weighted by Crippen LogP contribution is -2.63. The summed E-state index contributed by atoms with van der Waals surface area (Å²) in [6.07, 6.45) is 0. The van der Waals surface area contributed by atoms with E-state index in [2.05, 4.69) is 0 Å². The Morgan fingerprint density at radius 1 is 1.29 bits per heavy atom. The molecule has 2 N–H and O–H groups in total. The Morgan fingerprint density at radius 2 is 1.82 bits per heavy atom. The highest BCUT2D eigenvalue weighted by atomic mass is 16.5. The molecule has 1 heterocycles. The zero-order chi connectivity index (χ0) is 13.5. The molecule has 4 heteroatoms. The Bertz CT molecular complexity index is 303. The first-order chi connectivity index (χ1) is 7.50. The molecule has 0 aromatic heterocycles. The van der Waals surface area contributed by atoms with E-state index in [9.17, 15) is 4.79 Å². The second kappa shape index (κ2) is 4.25. The smallest absolute Gasteiger partial charge is 0.230 e. The van der Waals surface area contributed by atoms with E-state index in [0.29, 0.717) is 19.8 Å². The van der Waals surface area contributed by atoms with Crippen molar-refractivity contribution in [2.24, 2.45) is 11.1 Å². The fourth-order valence-electron chi connectivity index (χ4n) is 1.85. The molecule has 1 fully saturated rings. The van der Waals surface area contributed by atoms with Gasteiger partial charge in [0.1, 0.15) is 0 Å². The topological polar surface area (TPSA) is 55.6 Å². The predicted molar refractivity (Wildman–Crippen MR) is 68.7 cm³/mol. The van der Waals surface area contributed by atoms with Gasteiger partial charge in [0.25, 0.3) is 0 Å². The number of rotatable bonds is 2. The van der Waals surface area contributed by atoms with Gasteiger partial charge in [-0.05, 0) is 41.5 Å². The third-order valence-electron chi connectivity index (χ3n) is 4.04. The molecule has 0 radical (unpaired) electrons. The van der Waals surface area contributed by atoms with Gasteiger partial charge in [0.05, 0.1) is 24.2 Å². The third-order valence-corrected chi connectivity index (χ3v) is 4.04. The van der Waals surface area contributed by atoms with E-state index in [1.807, 2.05) is 46.4 Å². The molecule has 0 unspecified atom stereocenters. The first-order valence-corrected chi connectivity index (χ1v) is 6.19. The number of nitrogens with zero attached hydrogens (tertiary/aromatic N) is 1. The Labute approximate surface area is 104 Å². The quantitative estimate of drug-likeness (QED) is 0.796. The molecule has 0 saturated carbocycles. The highest BCUT2D eigenvalue weighted by Gasteiger charge is 2.46. The van der Waals surface area contributed by atoms with Gasteiger partial charge >= 0.3 is 0 Å². The molecule has 1 amide bonds. The number of ether oxygens (including phenoxy) is 1. The lowest BCUT2D eigenvalue weighted by Gasteiger charge is -2.48. The maximum atomic E-state index is 12.7. The van der Waals surface area contributed by atoms with E-state index in [-0.39, 0.29) is 11.4 Å². The van der Waals surface area contributed by atoms with Gasteiger partial charge in [-0.3, -0.25) is 4.79 Å². The summed E-state index contributed by atoms with van der Waals surface area (Å²) < 4.78 is 5.44. The second-order valence-corrected chi connectivity index (χ2v) is 6.67. The molecule has 100 valence electrons. The van der Waals surface area contributed by atoms with Gasteiger partial charge in [0, 0.05) is 12.1 Å².